The van der Waals surface area contributed by atoms with Crippen LogP contribution in [0.2, 0.25) is 0 Å². The molecule has 0 fully saturated rings. The second-order valence-electron chi connectivity index (χ2n) is 5.60. The van der Waals surface area contributed by atoms with Gasteiger partial charge in [-0.25, -0.2) is 0 Å². The number of aliphatic carboxylic acids is 1. The fourth-order valence-electron chi connectivity index (χ4n) is 3.04. The molecule has 0 aliphatic carbocycles. The molecule has 0 saturated carbocycles. The van der Waals surface area contributed by atoms with E-state index in [9.17, 15) is 14.7 Å². The van der Waals surface area contributed by atoms with Crippen molar-refractivity contribution in [3.05, 3.63) is 46.0 Å². The number of carboxylic acids is 1. The number of carbonyl (C=O) groups excluding carboxylic acids is 1. The molecule has 1 N–H and O–H groups in total. The maximum absolute atomic E-state index is 12.9. The molecule has 7 nitrogen and oxygen atoms in total. The Bertz CT molecular complexity index is 1030. The number of hydrogen-bond acceptors (Lipinski definition) is 5. The molecule has 4 rings (SSSR count). The predicted octanol–water partition coefficient (Wildman–Crippen LogP) is 3.35. The van der Waals surface area contributed by atoms with Crippen molar-refractivity contribution >= 4 is 38.7 Å². The highest BCUT2D eigenvalue weighted by Crippen LogP contribution is 2.39. The van der Waals surface area contributed by atoms with E-state index in [4.69, 9.17) is 13.9 Å². The Morgan fingerprint density at radius 3 is 2.60 bits per heavy atom. The number of furan rings is 1. The van der Waals surface area contributed by atoms with E-state index < -0.39 is 5.97 Å². The third-order valence-corrected chi connectivity index (χ3v) is 4.57. The summed E-state index contributed by atoms with van der Waals surface area (Å²) in [7, 11) is 0. The zero-order valence-electron chi connectivity index (χ0n) is 13.0. The lowest BCUT2D eigenvalue weighted by molar-refractivity contribution is -0.136. The third-order valence-electron chi connectivity index (χ3n) is 4.14. The number of ether oxygens (including phenoxy) is 2. The summed E-state index contributed by atoms with van der Waals surface area (Å²) in [5.74, 6) is -0.172. The van der Waals surface area contributed by atoms with E-state index in [-0.39, 0.29) is 24.9 Å². The van der Waals surface area contributed by atoms with Gasteiger partial charge in [-0.05, 0) is 46.6 Å². The Hall–Kier alpha value is -2.74. The van der Waals surface area contributed by atoms with Crippen LogP contribution < -0.4 is 9.47 Å². The molecule has 1 aromatic carbocycles. The predicted molar refractivity (Wildman–Crippen MR) is 90.3 cm³/mol. The monoisotopic (exact) mass is 405 g/mol. The highest BCUT2D eigenvalue weighted by atomic mass is 79.9. The molecule has 0 spiro atoms. The summed E-state index contributed by atoms with van der Waals surface area (Å²) in [6, 6.07) is 6.58. The van der Waals surface area contributed by atoms with Gasteiger partial charge < -0.3 is 19.0 Å². The van der Waals surface area contributed by atoms with Crippen LogP contribution in [0.1, 0.15) is 21.8 Å². The molecule has 0 radical (unpaired) electrons. The molecule has 0 atom stereocenters. The van der Waals surface area contributed by atoms with Crippen LogP contribution in [0, 0.1) is 6.92 Å². The van der Waals surface area contributed by atoms with Crippen LogP contribution in [0.15, 0.2) is 33.4 Å². The molecule has 0 amide bonds. The Kier molecular flexibility index (Phi) is 3.57. The van der Waals surface area contributed by atoms with E-state index in [0.29, 0.717) is 38.3 Å². The third kappa shape index (κ3) is 2.49. The Labute approximate surface area is 149 Å². The SMILES string of the molecule is Cc1c(CC(=O)O)c2cc3c(cc2n1C(=O)c1ccc(Br)o1)OCO3. The first-order chi connectivity index (χ1) is 12.0. The first kappa shape index (κ1) is 15.8. The van der Waals surface area contributed by atoms with Gasteiger partial charge in [0.1, 0.15) is 0 Å². The molecule has 128 valence electrons. The Morgan fingerprint density at radius 2 is 1.96 bits per heavy atom. The van der Waals surface area contributed by atoms with Crippen LogP contribution in [0.3, 0.4) is 0 Å². The number of benzene rings is 1. The molecule has 1 aliphatic heterocycles. The zero-order chi connectivity index (χ0) is 17.7. The normalized spacial score (nSPS) is 12.7. The van der Waals surface area contributed by atoms with Gasteiger partial charge in [0.2, 0.25) is 6.79 Å². The van der Waals surface area contributed by atoms with Crippen molar-refractivity contribution in [2.75, 3.05) is 6.79 Å². The van der Waals surface area contributed by atoms with E-state index in [2.05, 4.69) is 15.9 Å². The van der Waals surface area contributed by atoms with Crippen LogP contribution in [0.4, 0.5) is 0 Å². The average molecular weight is 406 g/mol. The topological polar surface area (TPSA) is 90.9 Å². The molecule has 0 bridgehead atoms. The van der Waals surface area contributed by atoms with Crippen molar-refractivity contribution in [2.24, 2.45) is 0 Å². The van der Waals surface area contributed by atoms with Gasteiger partial charge >= 0.3 is 5.97 Å². The van der Waals surface area contributed by atoms with Gasteiger partial charge in [-0.2, -0.15) is 0 Å². The molecular weight excluding hydrogens is 394 g/mol. The van der Waals surface area contributed by atoms with Crippen LogP contribution in [0.5, 0.6) is 11.5 Å². The van der Waals surface area contributed by atoms with Gasteiger partial charge in [-0.3, -0.25) is 14.2 Å². The first-order valence-corrected chi connectivity index (χ1v) is 8.20. The van der Waals surface area contributed by atoms with Crippen molar-refractivity contribution in [2.45, 2.75) is 13.3 Å². The number of hydrogen-bond donors (Lipinski definition) is 1. The fraction of sp³-hybridized carbons (Fsp3) is 0.176. The van der Waals surface area contributed by atoms with Gasteiger partial charge in [0, 0.05) is 17.1 Å². The number of aromatic nitrogens is 1. The van der Waals surface area contributed by atoms with Crippen LogP contribution in [-0.2, 0) is 11.2 Å². The summed E-state index contributed by atoms with van der Waals surface area (Å²) in [6.07, 6.45) is -0.204. The summed E-state index contributed by atoms with van der Waals surface area (Å²) < 4.78 is 18.0. The minimum atomic E-state index is -0.979. The molecular formula is C17H12BrNO6. The Morgan fingerprint density at radius 1 is 1.24 bits per heavy atom. The quantitative estimate of drug-likeness (QED) is 0.718. The van der Waals surface area contributed by atoms with E-state index in [1.165, 1.54) is 4.57 Å². The molecule has 1 aliphatic rings. The Balaban J connectivity index is 1.98. The largest absolute Gasteiger partial charge is 0.481 e. The van der Waals surface area contributed by atoms with E-state index in [1.807, 2.05) is 0 Å². The summed E-state index contributed by atoms with van der Waals surface area (Å²) in [6.45, 7) is 1.80. The lowest BCUT2D eigenvalue weighted by Crippen LogP contribution is -2.13. The molecule has 25 heavy (non-hydrogen) atoms. The van der Waals surface area contributed by atoms with Crippen molar-refractivity contribution < 1.29 is 28.6 Å². The number of carbonyl (C=O) groups is 2. The summed E-state index contributed by atoms with van der Waals surface area (Å²) in [4.78, 5) is 24.2. The minimum absolute atomic E-state index is 0.0915. The second kappa shape index (κ2) is 5.66. The summed E-state index contributed by atoms with van der Waals surface area (Å²) in [5.41, 5.74) is 1.65. The van der Waals surface area contributed by atoms with Crippen molar-refractivity contribution in [1.82, 2.24) is 4.57 Å². The van der Waals surface area contributed by atoms with Crippen molar-refractivity contribution in [1.29, 1.82) is 0 Å². The van der Waals surface area contributed by atoms with Gasteiger partial charge in [0.25, 0.3) is 5.91 Å². The highest BCUT2D eigenvalue weighted by Gasteiger charge is 2.26. The smallest absolute Gasteiger partial charge is 0.307 e. The first-order valence-electron chi connectivity index (χ1n) is 7.41. The lowest BCUT2D eigenvalue weighted by Gasteiger charge is -2.05. The second-order valence-corrected chi connectivity index (χ2v) is 6.38. The summed E-state index contributed by atoms with van der Waals surface area (Å²) >= 11 is 3.18. The van der Waals surface area contributed by atoms with Crippen LogP contribution in [-0.4, -0.2) is 28.3 Å². The van der Waals surface area contributed by atoms with E-state index in [1.54, 1.807) is 31.2 Å². The molecule has 3 aromatic rings. The van der Waals surface area contributed by atoms with Gasteiger partial charge in [0.05, 0.1) is 11.9 Å². The van der Waals surface area contributed by atoms with Gasteiger partial charge in [-0.1, -0.05) is 0 Å². The molecule has 2 aromatic heterocycles. The average Bonchev–Trinajstić information content (AvgIpc) is 3.24. The van der Waals surface area contributed by atoms with Crippen molar-refractivity contribution in [3.63, 3.8) is 0 Å². The number of carboxylic acid groups (broad SMARTS) is 1. The number of nitrogens with zero attached hydrogens (tertiary/aromatic N) is 1. The molecule has 3 heterocycles. The number of rotatable bonds is 3. The highest BCUT2D eigenvalue weighted by molar-refractivity contribution is 9.10. The standard InChI is InChI=1S/C17H12BrNO6/c1-8-9(5-16(20)21)10-4-13-14(24-7-23-13)6-11(10)19(8)17(22)12-2-3-15(18)25-12/h2-4,6H,5,7H2,1H3,(H,20,21). The van der Waals surface area contributed by atoms with E-state index >= 15 is 0 Å². The molecule has 8 heteroatoms. The van der Waals surface area contributed by atoms with Gasteiger partial charge in [0.15, 0.2) is 21.9 Å². The number of fused-ring (bicyclic) bond motifs is 2. The molecule has 0 saturated heterocycles. The maximum Gasteiger partial charge on any atom is 0.307 e. The molecule has 0 unspecified atom stereocenters. The maximum atomic E-state index is 12.9. The lowest BCUT2D eigenvalue weighted by atomic mass is 10.1. The summed E-state index contributed by atoms with van der Waals surface area (Å²) in [5, 5.41) is 9.88. The van der Waals surface area contributed by atoms with E-state index in [0.717, 1.165) is 0 Å². The fourth-order valence-corrected chi connectivity index (χ4v) is 3.35. The van der Waals surface area contributed by atoms with Gasteiger partial charge in [-0.15, -0.1) is 0 Å². The van der Waals surface area contributed by atoms with Crippen LogP contribution in [0.25, 0.3) is 10.9 Å². The van der Waals surface area contributed by atoms with Crippen molar-refractivity contribution in [3.8, 4) is 11.5 Å². The number of halogens is 1. The van der Waals surface area contributed by atoms with Crippen LogP contribution >= 0.6 is 15.9 Å². The zero-order valence-corrected chi connectivity index (χ0v) is 14.6. The minimum Gasteiger partial charge on any atom is -0.481 e.